The Morgan fingerprint density at radius 2 is 1.90 bits per heavy atom. The Bertz CT molecular complexity index is 2030. The molecule has 6 aromatic rings. The summed E-state index contributed by atoms with van der Waals surface area (Å²) in [5, 5.41) is 7.47. The molecule has 0 aliphatic heterocycles. The molecule has 11 nitrogen and oxygen atoms in total. The number of amides is 1. The van der Waals surface area contributed by atoms with Gasteiger partial charge in [-0.25, -0.2) is 19.5 Å². The van der Waals surface area contributed by atoms with Crippen LogP contribution in [-0.4, -0.2) is 39.6 Å². The molecule has 3 N–H and O–H groups in total. The van der Waals surface area contributed by atoms with Crippen molar-refractivity contribution in [2.45, 2.75) is 13.0 Å². The van der Waals surface area contributed by atoms with Crippen LogP contribution in [0.5, 0.6) is 0 Å². The number of nitrogens with two attached hydrogens (primary N) is 1. The number of fused-ring (bicyclic) bond motifs is 2. The first-order valence-electron chi connectivity index (χ1n) is 12.4. The van der Waals surface area contributed by atoms with Gasteiger partial charge < -0.3 is 15.6 Å². The van der Waals surface area contributed by atoms with Crippen LogP contribution in [0.15, 0.2) is 84.3 Å². The summed E-state index contributed by atoms with van der Waals surface area (Å²) < 4.78 is 4.74. The van der Waals surface area contributed by atoms with Gasteiger partial charge in [0.1, 0.15) is 17.1 Å². The number of carbonyl (C=O) groups is 1. The summed E-state index contributed by atoms with van der Waals surface area (Å²) in [7, 11) is 1.85. The van der Waals surface area contributed by atoms with Crippen LogP contribution in [-0.2, 0) is 7.05 Å². The molecule has 0 spiro atoms. The maximum absolute atomic E-state index is 14.1. The highest BCUT2D eigenvalue weighted by Gasteiger charge is 2.24. The van der Waals surface area contributed by atoms with Crippen molar-refractivity contribution >= 4 is 28.3 Å². The first-order chi connectivity index (χ1) is 19.4. The predicted molar refractivity (Wildman–Crippen MR) is 150 cm³/mol. The average molecular weight is 530 g/mol. The van der Waals surface area contributed by atoms with Crippen LogP contribution in [0.25, 0.3) is 22.2 Å². The lowest BCUT2D eigenvalue weighted by molar-refractivity contribution is 0.0940. The van der Waals surface area contributed by atoms with Crippen LogP contribution < -0.4 is 16.6 Å². The van der Waals surface area contributed by atoms with Gasteiger partial charge in [-0.3, -0.25) is 14.2 Å². The second kappa shape index (κ2) is 9.85. The molecule has 1 unspecified atom stereocenters. The van der Waals surface area contributed by atoms with Crippen molar-refractivity contribution < 1.29 is 4.79 Å². The minimum atomic E-state index is -0.688. The quantitative estimate of drug-likeness (QED) is 0.335. The third-order valence-electron chi connectivity index (χ3n) is 6.46. The fourth-order valence-corrected chi connectivity index (χ4v) is 4.53. The van der Waals surface area contributed by atoms with Crippen LogP contribution in [0.3, 0.4) is 0 Å². The number of aryl methyl sites for hydroxylation is 1. The highest BCUT2D eigenvalue weighted by atomic mass is 16.2. The summed E-state index contributed by atoms with van der Waals surface area (Å²) in [5.74, 6) is 6.10. The van der Waals surface area contributed by atoms with Crippen molar-refractivity contribution in [3.8, 4) is 17.5 Å². The van der Waals surface area contributed by atoms with E-state index in [1.54, 1.807) is 60.7 Å². The summed E-state index contributed by atoms with van der Waals surface area (Å²) in [4.78, 5) is 40.7. The highest BCUT2D eigenvalue weighted by Crippen LogP contribution is 2.22. The van der Waals surface area contributed by atoms with Crippen LogP contribution in [0.4, 0.5) is 5.82 Å². The second-order valence-electron chi connectivity index (χ2n) is 9.13. The zero-order valence-corrected chi connectivity index (χ0v) is 21.6. The first-order valence-corrected chi connectivity index (χ1v) is 12.4. The molecule has 4 aromatic heterocycles. The van der Waals surface area contributed by atoms with E-state index >= 15 is 0 Å². The lowest BCUT2D eigenvalue weighted by atomic mass is 10.1. The number of nitrogens with zero attached hydrogens (tertiary/aromatic N) is 7. The molecule has 11 heteroatoms. The fourth-order valence-electron chi connectivity index (χ4n) is 4.53. The van der Waals surface area contributed by atoms with Crippen molar-refractivity contribution in [3.05, 3.63) is 113 Å². The lowest BCUT2D eigenvalue weighted by Gasteiger charge is -2.20. The molecular formula is C29H23N9O2. The zero-order valence-electron chi connectivity index (χ0n) is 21.6. The Balaban J connectivity index is 1.48. The minimum absolute atomic E-state index is 0.0481. The van der Waals surface area contributed by atoms with E-state index in [0.717, 1.165) is 0 Å². The smallest absolute Gasteiger partial charge is 0.267 e. The standard InChI is InChI=1S/C29H23N9O2/c1-18(33-28(39)24-25(30)35-37-15-7-14-32-27(24)37)26-34-22-11-6-8-19(12-13-21-16-31-17-36(21)2)23(22)29(40)38(26)20-9-4-3-5-10-20/h3-11,14-18H,1-2H3,(H2,30,35)(H,33,39). The largest absolute Gasteiger partial charge is 0.381 e. The average Bonchev–Trinajstić information content (AvgIpc) is 3.53. The zero-order chi connectivity index (χ0) is 27.8. The van der Waals surface area contributed by atoms with Crippen molar-refractivity contribution in [1.29, 1.82) is 0 Å². The molecule has 1 atom stereocenters. The van der Waals surface area contributed by atoms with Gasteiger partial charge >= 0.3 is 0 Å². The molecule has 1 amide bonds. The molecular weight excluding hydrogens is 506 g/mol. The SMILES string of the molecule is CC(NC(=O)c1c(N)nn2cccnc12)c1nc2cccc(C#Cc3cncn3C)c2c(=O)n1-c1ccccc1. The summed E-state index contributed by atoms with van der Waals surface area (Å²) in [6, 6.07) is 15.5. The molecule has 0 radical (unpaired) electrons. The number of hydrogen-bond donors (Lipinski definition) is 2. The maximum Gasteiger partial charge on any atom is 0.267 e. The topological polar surface area (TPSA) is 138 Å². The number of benzene rings is 2. The summed E-state index contributed by atoms with van der Waals surface area (Å²) in [6.45, 7) is 1.76. The van der Waals surface area contributed by atoms with E-state index in [0.29, 0.717) is 39.3 Å². The van der Waals surface area contributed by atoms with E-state index in [1.807, 2.05) is 37.4 Å². The Morgan fingerprint density at radius 3 is 2.67 bits per heavy atom. The number of para-hydroxylation sites is 1. The highest BCUT2D eigenvalue weighted by molar-refractivity contribution is 6.04. The summed E-state index contributed by atoms with van der Waals surface area (Å²) in [6.07, 6.45) is 6.54. The minimum Gasteiger partial charge on any atom is -0.381 e. The van der Waals surface area contributed by atoms with Gasteiger partial charge in [-0.05, 0) is 43.2 Å². The molecule has 0 saturated carbocycles. The summed E-state index contributed by atoms with van der Waals surface area (Å²) in [5.41, 5.74) is 8.53. The van der Waals surface area contributed by atoms with Crippen LogP contribution in [0.1, 0.15) is 40.4 Å². The van der Waals surface area contributed by atoms with Crippen molar-refractivity contribution in [2.75, 3.05) is 5.73 Å². The Morgan fingerprint density at radius 1 is 1.07 bits per heavy atom. The molecule has 0 fully saturated rings. The lowest BCUT2D eigenvalue weighted by Crippen LogP contribution is -2.33. The first kappa shape index (κ1) is 24.6. The van der Waals surface area contributed by atoms with Gasteiger partial charge in [0, 0.05) is 25.0 Å². The number of aromatic nitrogens is 7. The number of hydrogen-bond acceptors (Lipinski definition) is 7. The monoisotopic (exact) mass is 529 g/mol. The van der Waals surface area contributed by atoms with Gasteiger partial charge in [-0.2, -0.15) is 0 Å². The Kier molecular flexibility index (Phi) is 6.05. The van der Waals surface area contributed by atoms with E-state index in [4.69, 9.17) is 10.7 Å². The van der Waals surface area contributed by atoms with Crippen LogP contribution >= 0.6 is 0 Å². The third kappa shape index (κ3) is 4.23. The van der Waals surface area contributed by atoms with Crippen molar-refractivity contribution in [2.24, 2.45) is 7.05 Å². The van der Waals surface area contributed by atoms with Gasteiger partial charge in [0.05, 0.1) is 35.2 Å². The molecule has 0 aliphatic carbocycles. The summed E-state index contributed by atoms with van der Waals surface area (Å²) >= 11 is 0. The normalized spacial score (nSPS) is 11.8. The van der Waals surface area contributed by atoms with Gasteiger partial charge in [0.25, 0.3) is 11.5 Å². The van der Waals surface area contributed by atoms with E-state index in [-0.39, 0.29) is 16.9 Å². The molecule has 0 bridgehead atoms. The van der Waals surface area contributed by atoms with Crippen molar-refractivity contribution in [3.63, 3.8) is 0 Å². The second-order valence-corrected chi connectivity index (χ2v) is 9.13. The molecule has 2 aromatic carbocycles. The Hall–Kier alpha value is -5.76. The predicted octanol–water partition coefficient (Wildman–Crippen LogP) is 2.63. The van der Waals surface area contributed by atoms with Crippen LogP contribution in [0.2, 0.25) is 0 Å². The van der Waals surface area contributed by atoms with Gasteiger partial charge in [0.15, 0.2) is 11.5 Å². The number of imidazole rings is 1. The fraction of sp³-hybridized carbons (Fsp3) is 0.103. The maximum atomic E-state index is 14.1. The Labute approximate surface area is 227 Å². The molecule has 40 heavy (non-hydrogen) atoms. The number of anilines is 1. The van der Waals surface area contributed by atoms with Gasteiger partial charge in [-0.1, -0.05) is 30.2 Å². The van der Waals surface area contributed by atoms with E-state index in [9.17, 15) is 9.59 Å². The van der Waals surface area contributed by atoms with E-state index < -0.39 is 11.9 Å². The van der Waals surface area contributed by atoms with Crippen molar-refractivity contribution in [1.82, 2.24) is 39.0 Å². The van der Waals surface area contributed by atoms with E-state index in [2.05, 4.69) is 32.2 Å². The molecule has 4 heterocycles. The van der Waals surface area contributed by atoms with E-state index in [1.165, 1.54) is 9.08 Å². The third-order valence-corrected chi connectivity index (χ3v) is 6.46. The molecule has 196 valence electrons. The molecule has 0 saturated heterocycles. The van der Waals surface area contributed by atoms with Crippen LogP contribution in [0, 0.1) is 11.8 Å². The van der Waals surface area contributed by atoms with Gasteiger partial charge in [-0.15, -0.1) is 5.10 Å². The molecule has 0 aliphatic rings. The number of nitrogen functional groups attached to an aromatic ring is 1. The van der Waals surface area contributed by atoms with Gasteiger partial charge in [0.2, 0.25) is 0 Å². The number of carbonyl (C=O) groups excluding carboxylic acids is 1. The number of rotatable bonds is 4. The number of nitrogens with one attached hydrogen (secondary N) is 1. The molecule has 6 rings (SSSR count).